The maximum atomic E-state index is 6.19. The summed E-state index contributed by atoms with van der Waals surface area (Å²) >= 11 is 7.92. The summed E-state index contributed by atoms with van der Waals surface area (Å²) in [5, 5.41) is 4.47. The molecular weight excluding hydrogens is 300 g/mol. The molecule has 3 rings (SSSR count). The van der Waals surface area contributed by atoms with Crippen molar-refractivity contribution < 1.29 is 0 Å². The van der Waals surface area contributed by atoms with Crippen LogP contribution in [0, 0.1) is 0 Å². The summed E-state index contributed by atoms with van der Waals surface area (Å²) < 4.78 is 2.21. The third-order valence-corrected chi connectivity index (χ3v) is 4.86. The van der Waals surface area contributed by atoms with Gasteiger partial charge in [-0.15, -0.1) is 0 Å². The maximum absolute atomic E-state index is 6.19. The van der Waals surface area contributed by atoms with E-state index in [2.05, 4.69) is 66.9 Å². The zero-order valence-electron chi connectivity index (χ0n) is 12.4. The Morgan fingerprint density at radius 3 is 2.67 bits per heavy atom. The number of hydrogen-bond acceptors (Lipinski definition) is 3. The van der Waals surface area contributed by atoms with Crippen LogP contribution in [0.3, 0.4) is 0 Å². The second-order valence-corrected chi connectivity index (χ2v) is 7.19. The molecule has 2 nitrogen and oxygen atoms in total. The number of benzene rings is 2. The van der Waals surface area contributed by atoms with Gasteiger partial charge in [-0.2, -0.15) is 0 Å². The molecule has 0 aliphatic carbocycles. The second kappa shape index (κ2) is 5.91. The monoisotopic (exact) mass is 318 g/mol. The van der Waals surface area contributed by atoms with Gasteiger partial charge >= 0.3 is 0 Å². The minimum atomic E-state index is 0.186. The Hall–Kier alpha value is -1.16. The molecule has 0 aromatic heterocycles. The van der Waals surface area contributed by atoms with E-state index < -0.39 is 0 Å². The van der Waals surface area contributed by atoms with E-state index in [1.165, 1.54) is 21.7 Å². The lowest BCUT2D eigenvalue weighted by molar-refractivity contribution is 0.525. The van der Waals surface area contributed by atoms with E-state index in [4.69, 9.17) is 11.6 Å². The first-order chi connectivity index (χ1) is 10.1. The summed E-state index contributed by atoms with van der Waals surface area (Å²) in [4.78, 5) is 1.21. The first-order valence-corrected chi connectivity index (χ1v) is 8.27. The van der Waals surface area contributed by atoms with Gasteiger partial charge in [-0.05, 0) is 55.1 Å². The molecule has 21 heavy (non-hydrogen) atoms. The van der Waals surface area contributed by atoms with Crippen molar-refractivity contribution in [3.05, 3.63) is 58.6 Å². The van der Waals surface area contributed by atoms with Crippen LogP contribution in [0.25, 0.3) is 0 Å². The van der Waals surface area contributed by atoms with Crippen LogP contribution in [-0.2, 0) is 0 Å². The van der Waals surface area contributed by atoms with Crippen LogP contribution in [0.5, 0.6) is 0 Å². The van der Waals surface area contributed by atoms with Crippen molar-refractivity contribution in [2.45, 2.75) is 30.8 Å². The SMILES string of the molecule is CC(C)NC1c2ccc(Cl)cc2SN(C)c2ccccc21. The maximum Gasteiger partial charge on any atom is 0.0611 e. The van der Waals surface area contributed by atoms with E-state index in [0.29, 0.717) is 6.04 Å². The molecule has 4 heteroatoms. The number of rotatable bonds is 2. The lowest BCUT2D eigenvalue weighted by Crippen LogP contribution is -2.29. The Balaban J connectivity index is 2.19. The van der Waals surface area contributed by atoms with Gasteiger partial charge in [-0.25, -0.2) is 0 Å². The van der Waals surface area contributed by atoms with Crippen molar-refractivity contribution >= 4 is 29.2 Å². The number of para-hydroxylation sites is 1. The third-order valence-electron chi connectivity index (χ3n) is 3.61. The predicted molar refractivity (Wildman–Crippen MR) is 92.3 cm³/mol. The zero-order chi connectivity index (χ0) is 15.0. The molecule has 1 aliphatic rings. The van der Waals surface area contributed by atoms with Gasteiger partial charge in [0.1, 0.15) is 0 Å². The topological polar surface area (TPSA) is 15.3 Å². The standard InChI is InChI=1S/C17H19ClN2S/c1-11(2)19-17-13-6-4-5-7-15(13)20(3)21-16-10-12(18)8-9-14(16)17/h4-11,17,19H,1-3H3. The van der Waals surface area contributed by atoms with E-state index >= 15 is 0 Å². The minimum absolute atomic E-state index is 0.186. The third kappa shape index (κ3) is 2.91. The average molecular weight is 319 g/mol. The molecule has 0 spiro atoms. The van der Waals surface area contributed by atoms with Crippen molar-refractivity contribution in [2.24, 2.45) is 0 Å². The summed E-state index contributed by atoms with van der Waals surface area (Å²) in [6.45, 7) is 4.36. The molecule has 1 aliphatic heterocycles. The van der Waals surface area contributed by atoms with Crippen molar-refractivity contribution in [3.8, 4) is 0 Å². The lowest BCUT2D eigenvalue weighted by atomic mass is 9.96. The number of halogens is 1. The first-order valence-electron chi connectivity index (χ1n) is 7.12. The molecule has 2 aromatic rings. The van der Waals surface area contributed by atoms with Crippen molar-refractivity contribution in [3.63, 3.8) is 0 Å². The normalized spacial score (nSPS) is 17.4. The highest BCUT2D eigenvalue weighted by Gasteiger charge is 2.26. The van der Waals surface area contributed by atoms with Crippen LogP contribution in [0.1, 0.15) is 31.0 Å². The quantitative estimate of drug-likeness (QED) is 0.794. The number of nitrogens with one attached hydrogen (secondary N) is 1. The van der Waals surface area contributed by atoms with Crippen molar-refractivity contribution in [2.75, 3.05) is 11.4 Å². The molecule has 0 amide bonds. The summed E-state index contributed by atoms with van der Waals surface area (Å²) in [7, 11) is 2.10. The predicted octanol–water partition coefficient (Wildman–Crippen LogP) is 4.88. The van der Waals surface area contributed by atoms with Gasteiger partial charge in [0, 0.05) is 23.0 Å². The fourth-order valence-electron chi connectivity index (χ4n) is 2.72. The smallest absolute Gasteiger partial charge is 0.0611 e. The van der Waals surface area contributed by atoms with Crippen LogP contribution in [0.2, 0.25) is 5.02 Å². The highest BCUT2D eigenvalue weighted by Crippen LogP contribution is 2.43. The molecule has 1 heterocycles. The lowest BCUT2D eigenvalue weighted by Gasteiger charge is -2.24. The largest absolute Gasteiger partial charge is 0.315 e. The van der Waals surface area contributed by atoms with Crippen molar-refractivity contribution in [1.82, 2.24) is 5.32 Å². The minimum Gasteiger partial charge on any atom is -0.315 e. The molecule has 0 saturated carbocycles. The fraction of sp³-hybridized carbons (Fsp3) is 0.294. The molecule has 1 N–H and O–H groups in total. The highest BCUT2D eigenvalue weighted by atomic mass is 35.5. The van der Waals surface area contributed by atoms with E-state index in [1.807, 2.05) is 6.07 Å². The Kier molecular flexibility index (Phi) is 4.16. The first kappa shape index (κ1) is 14.8. The molecule has 1 unspecified atom stereocenters. The van der Waals surface area contributed by atoms with Gasteiger partial charge in [0.05, 0.1) is 11.7 Å². The van der Waals surface area contributed by atoms with Crippen molar-refractivity contribution in [1.29, 1.82) is 0 Å². The second-order valence-electron chi connectivity index (χ2n) is 5.58. The van der Waals surface area contributed by atoms with Gasteiger partial charge in [0.2, 0.25) is 0 Å². The summed E-state index contributed by atoms with van der Waals surface area (Å²) in [5.41, 5.74) is 3.84. The van der Waals surface area contributed by atoms with Crippen LogP contribution in [-0.4, -0.2) is 13.1 Å². The Morgan fingerprint density at radius 1 is 1.14 bits per heavy atom. The molecule has 0 fully saturated rings. The molecule has 0 radical (unpaired) electrons. The highest BCUT2D eigenvalue weighted by molar-refractivity contribution is 8.00. The molecular formula is C17H19ClN2S. The van der Waals surface area contributed by atoms with E-state index in [9.17, 15) is 0 Å². The number of anilines is 1. The van der Waals surface area contributed by atoms with E-state index in [1.54, 1.807) is 11.9 Å². The number of nitrogens with zero attached hydrogens (tertiary/aromatic N) is 1. The van der Waals surface area contributed by atoms with Gasteiger partial charge in [0.15, 0.2) is 0 Å². The van der Waals surface area contributed by atoms with E-state index in [-0.39, 0.29) is 6.04 Å². The van der Waals surface area contributed by atoms with Gasteiger partial charge in [-0.3, -0.25) is 0 Å². The van der Waals surface area contributed by atoms with E-state index in [0.717, 1.165) is 5.02 Å². The van der Waals surface area contributed by atoms with Crippen LogP contribution < -0.4 is 9.62 Å². The molecule has 110 valence electrons. The van der Waals surface area contributed by atoms with Gasteiger partial charge in [-0.1, -0.05) is 35.9 Å². The molecule has 1 atom stereocenters. The number of hydrogen-bond donors (Lipinski definition) is 1. The Bertz CT molecular complexity index is 657. The number of fused-ring (bicyclic) bond motifs is 2. The Morgan fingerprint density at radius 2 is 1.90 bits per heavy atom. The fourth-order valence-corrected chi connectivity index (χ4v) is 3.99. The van der Waals surface area contributed by atoms with Gasteiger partial charge in [0.25, 0.3) is 0 Å². The zero-order valence-corrected chi connectivity index (χ0v) is 14.0. The molecule has 0 saturated heterocycles. The Labute approximate surface area is 135 Å². The average Bonchev–Trinajstić information content (AvgIpc) is 2.55. The van der Waals surface area contributed by atoms with Crippen LogP contribution in [0.15, 0.2) is 47.4 Å². The van der Waals surface area contributed by atoms with Gasteiger partial charge < -0.3 is 9.62 Å². The summed E-state index contributed by atoms with van der Waals surface area (Å²) in [6, 6.07) is 15.3. The summed E-state index contributed by atoms with van der Waals surface area (Å²) in [5.74, 6) is 0. The summed E-state index contributed by atoms with van der Waals surface area (Å²) in [6.07, 6.45) is 0. The molecule has 0 bridgehead atoms. The van der Waals surface area contributed by atoms with Crippen LogP contribution >= 0.6 is 23.5 Å². The molecule has 2 aromatic carbocycles. The van der Waals surface area contributed by atoms with Crippen LogP contribution in [0.4, 0.5) is 5.69 Å².